The summed E-state index contributed by atoms with van der Waals surface area (Å²) in [6.45, 7) is 3.48. The standard InChI is InChI=1S/C12H15N3O5/c1-7(2)14-11(16)6-13-10-4-3-8(15(19)20)5-9(10)12(17)18/h3-5,7,13H,6H2,1-2H3,(H,14,16)(H,17,18). The highest BCUT2D eigenvalue weighted by molar-refractivity contribution is 5.95. The third-order valence-electron chi connectivity index (χ3n) is 2.33. The Hall–Kier alpha value is -2.64. The van der Waals surface area contributed by atoms with E-state index >= 15 is 0 Å². The summed E-state index contributed by atoms with van der Waals surface area (Å²) in [4.78, 5) is 32.4. The molecule has 1 amide bonds. The number of anilines is 1. The van der Waals surface area contributed by atoms with Crippen LogP contribution in [-0.4, -0.2) is 34.5 Å². The van der Waals surface area contributed by atoms with E-state index in [2.05, 4.69) is 10.6 Å². The first-order chi connectivity index (χ1) is 9.31. The Labute approximate surface area is 114 Å². The molecule has 0 heterocycles. The summed E-state index contributed by atoms with van der Waals surface area (Å²) < 4.78 is 0. The fourth-order valence-electron chi connectivity index (χ4n) is 1.53. The fraction of sp³-hybridized carbons (Fsp3) is 0.333. The molecule has 1 rings (SSSR count). The normalized spacial score (nSPS) is 10.2. The van der Waals surface area contributed by atoms with E-state index in [1.54, 1.807) is 13.8 Å². The molecule has 0 radical (unpaired) electrons. The van der Waals surface area contributed by atoms with E-state index in [0.717, 1.165) is 6.07 Å². The number of hydrogen-bond donors (Lipinski definition) is 3. The van der Waals surface area contributed by atoms with Gasteiger partial charge in [-0.05, 0) is 19.9 Å². The van der Waals surface area contributed by atoms with Gasteiger partial charge in [0.15, 0.2) is 0 Å². The van der Waals surface area contributed by atoms with Gasteiger partial charge in [-0.2, -0.15) is 0 Å². The predicted molar refractivity (Wildman–Crippen MR) is 71.8 cm³/mol. The largest absolute Gasteiger partial charge is 0.478 e. The summed E-state index contributed by atoms with van der Waals surface area (Å²) in [5.74, 6) is -1.60. The van der Waals surface area contributed by atoms with Crippen LogP contribution < -0.4 is 10.6 Å². The SMILES string of the molecule is CC(C)NC(=O)CNc1ccc([N+](=O)[O-])cc1C(=O)O. The number of aromatic carboxylic acids is 1. The Kier molecular flexibility index (Phi) is 5.01. The second-order valence-electron chi connectivity index (χ2n) is 4.37. The van der Waals surface area contributed by atoms with Crippen molar-refractivity contribution in [2.45, 2.75) is 19.9 Å². The molecular formula is C12H15N3O5. The van der Waals surface area contributed by atoms with E-state index in [4.69, 9.17) is 5.11 Å². The van der Waals surface area contributed by atoms with E-state index in [1.165, 1.54) is 12.1 Å². The van der Waals surface area contributed by atoms with Crippen molar-refractivity contribution in [1.29, 1.82) is 0 Å². The highest BCUT2D eigenvalue weighted by Gasteiger charge is 2.16. The topological polar surface area (TPSA) is 122 Å². The zero-order chi connectivity index (χ0) is 15.3. The number of rotatable bonds is 6. The molecule has 0 saturated carbocycles. The van der Waals surface area contributed by atoms with Crippen molar-refractivity contribution in [1.82, 2.24) is 5.32 Å². The number of carboxylic acid groups (broad SMARTS) is 1. The van der Waals surface area contributed by atoms with E-state index < -0.39 is 10.9 Å². The lowest BCUT2D eigenvalue weighted by Gasteiger charge is -2.11. The van der Waals surface area contributed by atoms with Crippen molar-refractivity contribution in [3.8, 4) is 0 Å². The van der Waals surface area contributed by atoms with Crippen LogP contribution in [-0.2, 0) is 4.79 Å². The minimum absolute atomic E-state index is 0.0277. The molecule has 8 nitrogen and oxygen atoms in total. The monoisotopic (exact) mass is 281 g/mol. The highest BCUT2D eigenvalue weighted by Crippen LogP contribution is 2.22. The van der Waals surface area contributed by atoms with Crippen molar-refractivity contribution in [2.24, 2.45) is 0 Å². The maximum atomic E-state index is 11.5. The lowest BCUT2D eigenvalue weighted by Crippen LogP contribution is -2.35. The summed E-state index contributed by atoms with van der Waals surface area (Å²) in [5, 5.41) is 24.9. The van der Waals surface area contributed by atoms with Crippen LogP contribution in [0, 0.1) is 10.1 Å². The summed E-state index contributed by atoms with van der Waals surface area (Å²) in [5.41, 5.74) is -0.418. The zero-order valence-electron chi connectivity index (χ0n) is 11.0. The van der Waals surface area contributed by atoms with E-state index in [9.17, 15) is 19.7 Å². The van der Waals surface area contributed by atoms with Gasteiger partial charge in [0.05, 0.1) is 17.0 Å². The van der Waals surface area contributed by atoms with Gasteiger partial charge in [0.2, 0.25) is 5.91 Å². The number of carbonyl (C=O) groups excluding carboxylic acids is 1. The van der Waals surface area contributed by atoms with Gasteiger partial charge in [0, 0.05) is 23.9 Å². The molecule has 0 aromatic heterocycles. The molecule has 0 atom stereocenters. The van der Waals surface area contributed by atoms with Gasteiger partial charge in [-0.1, -0.05) is 0 Å². The summed E-state index contributed by atoms with van der Waals surface area (Å²) in [6.07, 6.45) is 0. The van der Waals surface area contributed by atoms with Crippen molar-refractivity contribution in [2.75, 3.05) is 11.9 Å². The maximum Gasteiger partial charge on any atom is 0.338 e. The molecule has 0 saturated heterocycles. The lowest BCUT2D eigenvalue weighted by atomic mass is 10.1. The van der Waals surface area contributed by atoms with Crippen LogP contribution >= 0.6 is 0 Å². The molecule has 1 aromatic rings. The first kappa shape index (κ1) is 15.4. The number of benzene rings is 1. The minimum Gasteiger partial charge on any atom is -0.478 e. The number of hydrogen-bond acceptors (Lipinski definition) is 5. The lowest BCUT2D eigenvalue weighted by molar-refractivity contribution is -0.384. The molecular weight excluding hydrogens is 266 g/mol. The minimum atomic E-state index is -1.31. The molecule has 0 spiro atoms. The van der Waals surface area contributed by atoms with Crippen LogP contribution in [0.15, 0.2) is 18.2 Å². The Balaban J connectivity index is 2.87. The number of nitro benzene ring substituents is 1. The molecule has 20 heavy (non-hydrogen) atoms. The summed E-state index contributed by atoms with van der Waals surface area (Å²) in [6, 6.07) is 3.37. The van der Waals surface area contributed by atoms with Crippen LogP contribution in [0.5, 0.6) is 0 Å². The number of nitrogens with one attached hydrogen (secondary N) is 2. The van der Waals surface area contributed by atoms with Gasteiger partial charge < -0.3 is 15.7 Å². The molecule has 108 valence electrons. The van der Waals surface area contributed by atoms with Gasteiger partial charge >= 0.3 is 5.97 Å². The Bertz CT molecular complexity index is 542. The maximum absolute atomic E-state index is 11.5. The third kappa shape index (κ3) is 4.23. The quantitative estimate of drug-likeness (QED) is 0.532. The van der Waals surface area contributed by atoms with E-state index in [1.807, 2.05) is 0 Å². The van der Waals surface area contributed by atoms with Crippen molar-refractivity contribution in [3.63, 3.8) is 0 Å². The molecule has 0 fully saturated rings. The van der Waals surface area contributed by atoms with Gasteiger partial charge in [0.1, 0.15) is 0 Å². The smallest absolute Gasteiger partial charge is 0.338 e. The summed E-state index contributed by atoms with van der Waals surface area (Å²) in [7, 11) is 0. The van der Waals surface area contributed by atoms with E-state index in [-0.39, 0.29) is 35.4 Å². The Morgan fingerprint density at radius 1 is 1.40 bits per heavy atom. The average molecular weight is 281 g/mol. The Morgan fingerprint density at radius 2 is 2.05 bits per heavy atom. The van der Waals surface area contributed by atoms with Crippen LogP contribution in [0.3, 0.4) is 0 Å². The first-order valence-corrected chi connectivity index (χ1v) is 5.86. The number of nitrogens with zero attached hydrogens (tertiary/aromatic N) is 1. The summed E-state index contributed by atoms with van der Waals surface area (Å²) >= 11 is 0. The number of nitro groups is 1. The van der Waals surface area contributed by atoms with Gasteiger partial charge in [-0.3, -0.25) is 14.9 Å². The average Bonchev–Trinajstić information content (AvgIpc) is 2.35. The first-order valence-electron chi connectivity index (χ1n) is 5.86. The number of carbonyl (C=O) groups is 2. The van der Waals surface area contributed by atoms with E-state index in [0.29, 0.717) is 0 Å². The molecule has 0 aliphatic rings. The molecule has 0 bridgehead atoms. The molecule has 8 heteroatoms. The highest BCUT2D eigenvalue weighted by atomic mass is 16.6. The van der Waals surface area contributed by atoms with Crippen molar-refractivity contribution < 1.29 is 19.6 Å². The number of carboxylic acids is 1. The second-order valence-corrected chi connectivity index (χ2v) is 4.37. The van der Waals surface area contributed by atoms with Crippen LogP contribution in [0.4, 0.5) is 11.4 Å². The Morgan fingerprint density at radius 3 is 2.55 bits per heavy atom. The van der Waals surface area contributed by atoms with Gasteiger partial charge in [0.25, 0.3) is 5.69 Å². The van der Waals surface area contributed by atoms with Crippen molar-refractivity contribution in [3.05, 3.63) is 33.9 Å². The molecule has 0 unspecified atom stereocenters. The van der Waals surface area contributed by atoms with Gasteiger partial charge in [-0.25, -0.2) is 4.79 Å². The fourth-order valence-corrected chi connectivity index (χ4v) is 1.53. The molecule has 1 aromatic carbocycles. The number of amides is 1. The van der Waals surface area contributed by atoms with Crippen LogP contribution in [0.25, 0.3) is 0 Å². The molecule has 0 aliphatic heterocycles. The third-order valence-corrected chi connectivity index (χ3v) is 2.33. The van der Waals surface area contributed by atoms with Crippen LogP contribution in [0.2, 0.25) is 0 Å². The van der Waals surface area contributed by atoms with Crippen molar-refractivity contribution >= 4 is 23.3 Å². The van der Waals surface area contributed by atoms with Gasteiger partial charge in [-0.15, -0.1) is 0 Å². The van der Waals surface area contributed by atoms with Crippen LogP contribution in [0.1, 0.15) is 24.2 Å². The second kappa shape index (κ2) is 6.50. The number of non-ortho nitro benzene ring substituents is 1. The predicted octanol–water partition coefficient (Wildman–Crippen LogP) is 1.23. The zero-order valence-corrected chi connectivity index (χ0v) is 11.0. The molecule has 0 aliphatic carbocycles. The molecule has 3 N–H and O–H groups in total.